The third kappa shape index (κ3) is 2.17. The first kappa shape index (κ1) is 9.76. The van der Waals surface area contributed by atoms with Crippen LogP contribution in [0.3, 0.4) is 0 Å². The summed E-state index contributed by atoms with van der Waals surface area (Å²) in [5.41, 5.74) is 0. The Balaban J connectivity index is 1.88. The second kappa shape index (κ2) is 4.63. The van der Waals surface area contributed by atoms with Crippen molar-refractivity contribution in [1.82, 2.24) is 4.90 Å². The average Bonchev–Trinajstić information content (AvgIpc) is 2.72. The van der Waals surface area contributed by atoms with E-state index < -0.39 is 0 Å². The lowest BCUT2D eigenvalue weighted by Crippen LogP contribution is -2.32. The van der Waals surface area contributed by atoms with E-state index in [-0.39, 0.29) is 0 Å². The molecular formula is C12H15NS. The van der Waals surface area contributed by atoms with E-state index in [1.807, 2.05) is 11.3 Å². The molecule has 14 heavy (non-hydrogen) atoms. The van der Waals surface area contributed by atoms with Gasteiger partial charge in [-0.15, -0.1) is 17.8 Å². The van der Waals surface area contributed by atoms with Gasteiger partial charge in [0.1, 0.15) is 0 Å². The molecule has 0 atom stereocenters. The summed E-state index contributed by atoms with van der Waals surface area (Å²) in [4.78, 5) is 3.91. The molecule has 1 aromatic rings. The Hall–Kier alpha value is -0.780. The number of thiophene rings is 1. The molecule has 0 radical (unpaired) electrons. The van der Waals surface area contributed by atoms with Gasteiger partial charge in [-0.1, -0.05) is 12.0 Å². The molecule has 1 aromatic heterocycles. The molecule has 2 heterocycles. The van der Waals surface area contributed by atoms with Crippen LogP contribution >= 0.6 is 11.3 Å². The molecule has 74 valence electrons. The lowest BCUT2D eigenvalue weighted by molar-refractivity contribution is 0.237. The minimum absolute atomic E-state index is 0.782. The molecule has 0 unspecified atom stereocenters. The molecule has 1 aliphatic rings. The van der Waals surface area contributed by atoms with E-state index in [1.54, 1.807) is 4.88 Å². The highest BCUT2D eigenvalue weighted by atomic mass is 32.1. The Kier molecular flexibility index (Phi) is 3.23. The Labute approximate surface area is 89.7 Å². The smallest absolute Gasteiger partial charge is 0.0598 e. The van der Waals surface area contributed by atoms with Crippen LogP contribution in [0, 0.1) is 12.3 Å². The molecule has 2 heteroatoms. The summed E-state index contributed by atoms with van der Waals surface area (Å²) in [5, 5.41) is 2.17. The summed E-state index contributed by atoms with van der Waals surface area (Å²) in [5.74, 6) is 3.50. The third-order valence-electron chi connectivity index (χ3n) is 2.85. The largest absolute Gasteiger partial charge is 0.292 e. The minimum atomic E-state index is 0.782. The van der Waals surface area contributed by atoms with Gasteiger partial charge < -0.3 is 0 Å². The van der Waals surface area contributed by atoms with Crippen molar-refractivity contribution in [1.29, 1.82) is 0 Å². The molecule has 2 rings (SSSR count). The SMILES string of the molecule is C#CCN1CCC(c2cccs2)CC1. The fraction of sp³-hybridized carbons (Fsp3) is 0.500. The van der Waals surface area contributed by atoms with Crippen molar-refractivity contribution >= 4 is 11.3 Å². The molecule has 1 saturated heterocycles. The third-order valence-corrected chi connectivity index (χ3v) is 3.88. The van der Waals surface area contributed by atoms with Crippen LogP contribution in [0.5, 0.6) is 0 Å². The molecule has 0 saturated carbocycles. The highest BCUT2D eigenvalue weighted by molar-refractivity contribution is 7.10. The van der Waals surface area contributed by atoms with Crippen LogP contribution in [-0.4, -0.2) is 24.5 Å². The second-order valence-electron chi connectivity index (χ2n) is 3.77. The Morgan fingerprint density at radius 2 is 2.29 bits per heavy atom. The lowest BCUT2D eigenvalue weighted by atomic mass is 9.95. The fourth-order valence-corrected chi connectivity index (χ4v) is 2.93. The van der Waals surface area contributed by atoms with Gasteiger partial charge in [0.25, 0.3) is 0 Å². The molecule has 1 nitrogen and oxygen atoms in total. The van der Waals surface area contributed by atoms with Crippen LogP contribution in [0.1, 0.15) is 23.6 Å². The van der Waals surface area contributed by atoms with Gasteiger partial charge in [0.15, 0.2) is 0 Å². The summed E-state index contributed by atoms with van der Waals surface area (Å²) in [7, 11) is 0. The van der Waals surface area contributed by atoms with E-state index in [9.17, 15) is 0 Å². The number of piperidine rings is 1. The van der Waals surface area contributed by atoms with Gasteiger partial charge in [-0.05, 0) is 43.3 Å². The van der Waals surface area contributed by atoms with Gasteiger partial charge >= 0.3 is 0 Å². The van der Waals surface area contributed by atoms with Crippen LogP contribution in [0.25, 0.3) is 0 Å². The molecule has 0 N–H and O–H groups in total. The number of rotatable bonds is 2. The molecule has 0 aliphatic carbocycles. The van der Waals surface area contributed by atoms with Gasteiger partial charge in [0, 0.05) is 4.88 Å². The zero-order valence-electron chi connectivity index (χ0n) is 8.28. The van der Waals surface area contributed by atoms with E-state index in [0.29, 0.717) is 0 Å². The lowest BCUT2D eigenvalue weighted by Gasteiger charge is -2.29. The number of terminal acetylenes is 1. The predicted molar refractivity (Wildman–Crippen MR) is 61.6 cm³/mol. The van der Waals surface area contributed by atoms with Crippen LogP contribution < -0.4 is 0 Å². The van der Waals surface area contributed by atoms with E-state index in [1.165, 1.54) is 12.8 Å². The second-order valence-corrected chi connectivity index (χ2v) is 4.75. The van der Waals surface area contributed by atoms with Gasteiger partial charge in [0.2, 0.25) is 0 Å². The highest BCUT2D eigenvalue weighted by Crippen LogP contribution is 2.30. The quantitative estimate of drug-likeness (QED) is 0.671. The maximum absolute atomic E-state index is 5.30. The maximum Gasteiger partial charge on any atom is 0.0598 e. The van der Waals surface area contributed by atoms with Crippen molar-refractivity contribution in [2.24, 2.45) is 0 Å². The Morgan fingerprint density at radius 3 is 2.86 bits per heavy atom. The molecule has 1 fully saturated rings. The summed E-state index contributed by atoms with van der Waals surface area (Å²) < 4.78 is 0. The Morgan fingerprint density at radius 1 is 1.50 bits per heavy atom. The fourth-order valence-electron chi connectivity index (χ4n) is 2.03. The topological polar surface area (TPSA) is 3.24 Å². The molecule has 0 amide bonds. The zero-order valence-corrected chi connectivity index (χ0v) is 9.09. The normalized spacial score (nSPS) is 19.4. The van der Waals surface area contributed by atoms with E-state index >= 15 is 0 Å². The van der Waals surface area contributed by atoms with Gasteiger partial charge in [0.05, 0.1) is 6.54 Å². The van der Waals surface area contributed by atoms with Gasteiger partial charge in [-0.3, -0.25) is 4.90 Å². The molecule has 0 aromatic carbocycles. The van der Waals surface area contributed by atoms with Crippen LogP contribution in [0.2, 0.25) is 0 Å². The van der Waals surface area contributed by atoms with Crippen molar-refractivity contribution in [2.45, 2.75) is 18.8 Å². The van der Waals surface area contributed by atoms with Crippen molar-refractivity contribution < 1.29 is 0 Å². The average molecular weight is 205 g/mol. The number of hydrogen-bond donors (Lipinski definition) is 0. The van der Waals surface area contributed by atoms with Crippen molar-refractivity contribution in [3.05, 3.63) is 22.4 Å². The summed E-state index contributed by atoms with van der Waals surface area (Å²) in [6, 6.07) is 4.40. The van der Waals surface area contributed by atoms with Crippen LogP contribution in [-0.2, 0) is 0 Å². The van der Waals surface area contributed by atoms with Gasteiger partial charge in [-0.25, -0.2) is 0 Å². The monoisotopic (exact) mass is 205 g/mol. The van der Waals surface area contributed by atoms with E-state index in [0.717, 1.165) is 25.6 Å². The number of nitrogens with zero attached hydrogens (tertiary/aromatic N) is 1. The summed E-state index contributed by atoms with van der Waals surface area (Å²) in [6.07, 6.45) is 7.83. The Bertz CT molecular complexity index is 302. The van der Waals surface area contributed by atoms with E-state index in [4.69, 9.17) is 6.42 Å². The van der Waals surface area contributed by atoms with Crippen molar-refractivity contribution in [3.8, 4) is 12.3 Å². The van der Waals surface area contributed by atoms with Crippen molar-refractivity contribution in [2.75, 3.05) is 19.6 Å². The maximum atomic E-state index is 5.30. The van der Waals surface area contributed by atoms with Crippen molar-refractivity contribution in [3.63, 3.8) is 0 Å². The summed E-state index contributed by atoms with van der Waals surface area (Å²) >= 11 is 1.89. The standard InChI is InChI=1S/C12H15NS/c1-2-7-13-8-5-11(6-9-13)12-4-3-10-14-12/h1,3-4,10-11H,5-9H2. The predicted octanol–water partition coefficient (Wildman–Crippen LogP) is 2.56. The first-order valence-corrected chi connectivity index (χ1v) is 5.97. The molecule has 0 spiro atoms. The first-order chi connectivity index (χ1) is 6.90. The minimum Gasteiger partial charge on any atom is -0.292 e. The number of hydrogen-bond acceptors (Lipinski definition) is 2. The van der Waals surface area contributed by atoms with Crippen LogP contribution in [0.4, 0.5) is 0 Å². The molecular weight excluding hydrogens is 190 g/mol. The highest BCUT2D eigenvalue weighted by Gasteiger charge is 2.20. The molecule has 1 aliphatic heterocycles. The summed E-state index contributed by atoms with van der Waals surface area (Å²) in [6.45, 7) is 3.14. The number of likely N-dealkylation sites (tertiary alicyclic amines) is 1. The first-order valence-electron chi connectivity index (χ1n) is 5.09. The van der Waals surface area contributed by atoms with Gasteiger partial charge in [-0.2, -0.15) is 0 Å². The molecule has 0 bridgehead atoms. The van der Waals surface area contributed by atoms with E-state index in [2.05, 4.69) is 28.3 Å². The zero-order chi connectivity index (χ0) is 9.80. The van der Waals surface area contributed by atoms with Crippen LogP contribution in [0.15, 0.2) is 17.5 Å².